The van der Waals surface area contributed by atoms with Gasteiger partial charge in [0.1, 0.15) is 0 Å². The van der Waals surface area contributed by atoms with E-state index in [-0.39, 0.29) is 0 Å². The highest BCUT2D eigenvalue weighted by Crippen LogP contribution is 2.18. The standard InChI is InChI=1S/C14H19N3S/c1-2-8-17(10-12-6-4-3-5-7-12)11-13-9-16-14(15)18-13/h3-7,9H,2,8,10-11H2,1H3,(H2,15,16). The van der Waals surface area contributed by atoms with Crippen LogP contribution in [0, 0.1) is 0 Å². The quantitative estimate of drug-likeness (QED) is 0.868. The average molecular weight is 261 g/mol. The molecule has 0 aliphatic carbocycles. The van der Waals surface area contributed by atoms with Crippen LogP contribution in [-0.2, 0) is 13.1 Å². The number of anilines is 1. The van der Waals surface area contributed by atoms with E-state index in [0.717, 1.165) is 26.1 Å². The summed E-state index contributed by atoms with van der Waals surface area (Å²) in [6.45, 7) is 5.20. The average Bonchev–Trinajstić information content (AvgIpc) is 2.76. The third kappa shape index (κ3) is 3.82. The molecule has 96 valence electrons. The lowest BCUT2D eigenvalue weighted by atomic mass is 10.2. The van der Waals surface area contributed by atoms with Gasteiger partial charge in [-0.2, -0.15) is 0 Å². The van der Waals surface area contributed by atoms with Gasteiger partial charge in [-0.25, -0.2) is 4.98 Å². The van der Waals surface area contributed by atoms with E-state index in [2.05, 4.69) is 47.1 Å². The highest BCUT2D eigenvalue weighted by atomic mass is 32.1. The summed E-state index contributed by atoms with van der Waals surface area (Å²) in [5.41, 5.74) is 7.02. The minimum absolute atomic E-state index is 0.654. The number of nitrogen functional groups attached to an aromatic ring is 1. The summed E-state index contributed by atoms with van der Waals surface area (Å²) in [6.07, 6.45) is 3.04. The van der Waals surface area contributed by atoms with Gasteiger partial charge in [0.05, 0.1) is 0 Å². The number of nitrogens with two attached hydrogens (primary N) is 1. The fourth-order valence-corrected chi connectivity index (χ4v) is 2.71. The Labute approximate surface area is 112 Å². The molecule has 2 aromatic rings. The van der Waals surface area contributed by atoms with Gasteiger partial charge >= 0.3 is 0 Å². The number of rotatable bonds is 6. The molecular weight excluding hydrogens is 242 g/mol. The van der Waals surface area contributed by atoms with Crippen LogP contribution in [0.25, 0.3) is 0 Å². The lowest BCUT2D eigenvalue weighted by Gasteiger charge is -2.20. The predicted molar refractivity (Wildman–Crippen MR) is 77.4 cm³/mol. The molecule has 2 N–H and O–H groups in total. The third-order valence-corrected chi connectivity index (χ3v) is 3.55. The summed E-state index contributed by atoms with van der Waals surface area (Å²) in [4.78, 5) is 7.77. The molecule has 4 heteroatoms. The van der Waals surface area contributed by atoms with Gasteiger partial charge in [0, 0.05) is 24.2 Å². The van der Waals surface area contributed by atoms with Gasteiger partial charge in [0.2, 0.25) is 0 Å². The van der Waals surface area contributed by atoms with Crippen molar-refractivity contribution in [2.75, 3.05) is 12.3 Å². The van der Waals surface area contributed by atoms with Gasteiger partial charge in [-0.3, -0.25) is 4.90 Å². The predicted octanol–water partition coefficient (Wildman–Crippen LogP) is 3.14. The number of nitrogens with zero attached hydrogens (tertiary/aromatic N) is 2. The molecule has 1 aromatic carbocycles. The Morgan fingerprint density at radius 2 is 2.00 bits per heavy atom. The SMILES string of the molecule is CCCN(Cc1ccccc1)Cc1cnc(N)s1. The summed E-state index contributed by atoms with van der Waals surface area (Å²) >= 11 is 1.58. The van der Waals surface area contributed by atoms with Crippen LogP contribution in [0.1, 0.15) is 23.8 Å². The molecule has 1 heterocycles. The zero-order valence-corrected chi connectivity index (χ0v) is 11.5. The largest absolute Gasteiger partial charge is 0.375 e. The maximum Gasteiger partial charge on any atom is 0.180 e. The summed E-state index contributed by atoms with van der Waals surface area (Å²) in [7, 11) is 0. The molecule has 0 saturated heterocycles. The first-order valence-electron chi connectivity index (χ1n) is 6.24. The van der Waals surface area contributed by atoms with Gasteiger partial charge in [0.15, 0.2) is 5.13 Å². The molecule has 3 nitrogen and oxygen atoms in total. The van der Waals surface area contributed by atoms with Gasteiger partial charge in [-0.15, -0.1) is 11.3 Å². The van der Waals surface area contributed by atoms with Gasteiger partial charge in [-0.05, 0) is 18.5 Å². The number of aromatic nitrogens is 1. The Kier molecular flexibility index (Phi) is 4.73. The van der Waals surface area contributed by atoms with Crippen molar-refractivity contribution in [2.24, 2.45) is 0 Å². The van der Waals surface area contributed by atoms with Crippen LogP contribution in [0.4, 0.5) is 5.13 Å². The second-order valence-corrected chi connectivity index (χ2v) is 5.51. The maximum absolute atomic E-state index is 5.67. The summed E-state index contributed by atoms with van der Waals surface area (Å²) in [5.74, 6) is 0. The van der Waals surface area contributed by atoms with Gasteiger partial charge in [-0.1, -0.05) is 37.3 Å². The molecule has 18 heavy (non-hydrogen) atoms. The van der Waals surface area contributed by atoms with Crippen LogP contribution >= 0.6 is 11.3 Å². The molecule has 0 radical (unpaired) electrons. The Morgan fingerprint density at radius 3 is 2.61 bits per heavy atom. The molecule has 0 saturated carbocycles. The molecule has 0 spiro atoms. The Hall–Kier alpha value is -1.39. The second-order valence-electron chi connectivity index (χ2n) is 4.36. The number of thiazole rings is 1. The summed E-state index contributed by atoms with van der Waals surface area (Å²) in [6, 6.07) is 10.6. The lowest BCUT2D eigenvalue weighted by Crippen LogP contribution is -2.23. The normalized spacial score (nSPS) is 11.0. The number of benzene rings is 1. The maximum atomic E-state index is 5.67. The molecule has 2 rings (SSSR count). The zero-order valence-electron chi connectivity index (χ0n) is 10.7. The van der Waals surface area contributed by atoms with E-state index in [9.17, 15) is 0 Å². The monoisotopic (exact) mass is 261 g/mol. The van der Waals surface area contributed by atoms with E-state index in [1.165, 1.54) is 10.4 Å². The van der Waals surface area contributed by atoms with Gasteiger partial charge in [0.25, 0.3) is 0 Å². The molecule has 0 unspecified atom stereocenters. The van der Waals surface area contributed by atoms with Crippen molar-refractivity contribution < 1.29 is 0 Å². The molecule has 0 aliphatic heterocycles. The first-order valence-corrected chi connectivity index (χ1v) is 7.06. The van der Waals surface area contributed by atoms with Crippen LogP contribution in [-0.4, -0.2) is 16.4 Å². The van der Waals surface area contributed by atoms with Gasteiger partial charge < -0.3 is 5.73 Å². The van der Waals surface area contributed by atoms with E-state index in [4.69, 9.17) is 5.73 Å². The van der Waals surface area contributed by atoms with E-state index >= 15 is 0 Å². The smallest absolute Gasteiger partial charge is 0.180 e. The third-order valence-electron chi connectivity index (χ3n) is 2.74. The van der Waals surface area contributed by atoms with Crippen LogP contribution in [0.3, 0.4) is 0 Å². The molecule has 0 bridgehead atoms. The Balaban J connectivity index is 1.99. The van der Waals surface area contributed by atoms with Crippen LogP contribution < -0.4 is 5.73 Å². The van der Waals surface area contributed by atoms with Crippen LogP contribution in [0.15, 0.2) is 36.5 Å². The molecule has 0 fully saturated rings. The minimum atomic E-state index is 0.654. The first-order chi connectivity index (χ1) is 8.78. The molecule has 0 aliphatic rings. The Bertz CT molecular complexity index is 467. The van der Waals surface area contributed by atoms with E-state index in [1.807, 2.05) is 6.20 Å². The molecular formula is C14H19N3S. The fraction of sp³-hybridized carbons (Fsp3) is 0.357. The number of hydrogen-bond acceptors (Lipinski definition) is 4. The van der Waals surface area contributed by atoms with Crippen molar-refractivity contribution >= 4 is 16.5 Å². The molecule has 0 amide bonds. The summed E-state index contributed by atoms with van der Waals surface area (Å²) in [5, 5.41) is 0.654. The van der Waals surface area contributed by atoms with Crippen molar-refractivity contribution in [1.29, 1.82) is 0 Å². The highest BCUT2D eigenvalue weighted by Gasteiger charge is 2.08. The zero-order chi connectivity index (χ0) is 12.8. The van der Waals surface area contributed by atoms with Crippen LogP contribution in [0.2, 0.25) is 0 Å². The topological polar surface area (TPSA) is 42.2 Å². The van der Waals surface area contributed by atoms with E-state index in [1.54, 1.807) is 11.3 Å². The fourth-order valence-electron chi connectivity index (χ4n) is 1.99. The van der Waals surface area contributed by atoms with Crippen molar-refractivity contribution in [3.63, 3.8) is 0 Å². The van der Waals surface area contributed by atoms with Crippen LogP contribution in [0.5, 0.6) is 0 Å². The van der Waals surface area contributed by atoms with Crippen molar-refractivity contribution in [2.45, 2.75) is 26.4 Å². The Morgan fingerprint density at radius 1 is 1.22 bits per heavy atom. The van der Waals surface area contributed by atoms with Crippen molar-refractivity contribution in [3.05, 3.63) is 47.0 Å². The summed E-state index contributed by atoms with van der Waals surface area (Å²) < 4.78 is 0. The lowest BCUT2D eigenvalue weighted by molar-refractivity contribution is 0.259. The minimum Gasteiger partial charge on any atom is -0.375 e. The van der Waals surface area contributed by atoms with Crippen molar-refractivity contribution in [3.8, 4) is 0 Å². The van der Waals surface area contributed by atoms with E-state index < -0.39 is 0 Å². The van der Waals surface area contributed by atoms with Crippen molar-refractivity contribution in [1.82, 2.24) is 9.88 Å². The highest BCUT2D eigenvalue weighted by molar-refractivity contribution is 7.15. The van der Waals surface area contributed by atoms with E-state index in [0.29, 0.717) is 5.13 Å². The first kappa shape index (κ1) is 13.1. The molecule has 0 atom stereocenters. The second kappa shape index (κ2) is 6.52. The number of hydrogen-bond donors (Lipinski definition) is 1. The molecule has 1 aromatic heterocycles.